The maximum atomic E-state index is 12.6. The normalized spacial score (nSPS) is 11.9. The van der Waals surface area contributed by atoms with Crippen molar-refractivity contribution in [2.75, 3.05) is 5.32 Å². The summed E-state index contributed by atoms with van der Waals surface area (Å²) in [5, 5.41) is 19.3. The zero-order chi connectivity index (χ0) is 24.8. The number of nitrogens with one attached hydrogen (secondary N) is 2. The highest BCUT2D eigenvalue weighted by Gasteiger charge is 2.17. The van der Waals surface area contributed by atoms with E-state index in [0.717, 1.165) is 5.56 Å². The molecule has 8 nitrogen and oxygen atoms in total. The number of hydrogen-bond donors (Lipinski definition) is 3. The van der Waals surface area contributed by atoms with Gasteiger partial charge in [-0.1, -0.05) is 34.4 Å². The van der Waals surface area contributed by atoms with Crippen molar-refractivity contribution < 1.29 is 24.0 Å². The lowest BCUT2D eigenvalue weighted by Crippen LogP contribution is -2.27. The lowest BCUT2D eigenvalue weighted by atomic mass is 10.1. The number of carboxylic acid groups (broad SMARTS) is 1. The maximum Gasteiger partial charge on any atom is 0.304 e. The SMILES string of the molecule is CC(CC(=O)O)NCc1ccc(-c2cc(C(=O)Nc3ccc(OC(C)C)c(Cl)c3)no2)c(Cl)c1. The molecule has 0 fully saturated rings. The number of nitrogens with zero attached hydrogens (tertiary/aromatic N) is 1. The van der Waals surface area contributed by atoms with Gasteiger partial charge in [0, 0.05) is 29.9 Å². The molecular formula is C24H25Cl2N3O5. The van der Waals surface area contributed by atoms with Crippen LogP contribution < -0.4 is 15.4 Å². The van der Waals surface area contributed by atoms with Gasteiger partial charge in [-0.05, 0) is 56.7 Å². The summed E-state index contributed by atoms with van der Waals surface area (Å²) >= 11 is 12.6. The topological polar surface area (TPSA) is 114 Å². The summed E-state index contributed by atoms with van der Waals surface area (Å²) < 4.78 is 10.9. The van der Waals surface area contributed by atoms with Crippen LogP contribution in [0.25, 0.3) is 11.3 Å². The van der Waals surface area contributed by atoms with Crippen molar-refractivity contribution in [2.45, 2.75) is 45.9 Å². The van der Waals surface area contributed by atoms with E-state index in [9.17, 15) is 9.59 Å². The third-order valence-electron chi connectivity index (χ3n) is 4.73. The van der Waals surface area contributed by atoms with Gasteiger partial charge in [0.25, 0.3) is 5.91 Å². The highest BCUT2D eigenvalue weighted by molar-refractivity contribution is 6.33. The molecule has 0 radical (unpaired) electrons. The molecule has 0 spiro atoms. The van der Waals surface area contributed by atoms with Crippen LogP contribution in [0.3, 0.4) is 0 Å². The molecular weight excluding hydrogens is 481 g/mol. The molecule has 1 aromatic heterocycles. The predicted molar refractivity (Wildman–Crippen MR) is 131 cm³/mol. The van der Waals surface area contributed by atoms with Crippen LogP contribution in [0.5, 0.6) is 5.75 Å². The van der Waals surface area contributed by atoms with Gasteiger partial charge in [-0.25, -0.2) is 0 Å². The summed E-state index contributed by atoms with van der Waals surface area (Å²) in [6, 6.07) is 11.6. The fraction of sp³-hybridized carbons (Fsp3) is 0.292. The monoisotopic (exact) mass is 505 g/mol. The fourth-order valence-electron chi connectivity index (χ4n) is 3.13. The Balaban J connectivity index is 1.66. The second-order valence-corrected chi connectivity index (χ2v) is 8.85. The van der Waals surface area contributed by atoms with Gasteiger partial charge in [0.05, 0.1) is 22.6 Å². The second-order valence-electron chi connectivity index (χ2n) is 8.04. The van der Waals surface area contributed by atoms with Gasteiger partial charge in [0.1, 0.15) is 5.75 Å². The number of carbonyl (C=O) groups is 2. The summed E-state index contributed by atoms with van der Waals surface area (Å²) in [6.45, 7) is 6.05. The molecule has 0 aliphatic carbocycles. The molecule has 2 aromatic carbocycles. The molecule has 0 saturated carbocycles. The fourth-order valence-corrected chi connectivity index (χ4v) is 3.65. The summed E-state index contributed by atoms with van der Waals surface area (Å²) in [6.07, 6.45) is 0.000653. The molecule has 1 unspecified atom stereocenters. The average molecular weight is 506 g/mol. The van der Waals surface area contributed by atoms with Gasteiger partial charge in [-0.2, -0.15) is 0 Å². The highest BCUT2D eigenvalue weighted by Crippen LogP contribution is 2.31. The quantitative estimate of drug-likeness (QED) is 0.326. The van der Waals surface area contributed by atoms with E-state index in [1.807, 2.05) is 19.9 Å². The van der Waals surface area contributed by atoms with E-state index in [4.69, 9.17) is 37.6 Å². The predicted octanol–water partition coefficient (Wildman–Crippen LogP) is 5.64. The Bertz CT molecular complexity index is 1180. The molecule has 1 atom stereocenters. The van der Waals surface area contributed by atoms with Crippen LogP contribution in [0.2, 0.25) is 10.0 Å². The molecule has 34 heavy (non-hydrogen) atoms. The number of hydrogen-bond acceptors (Lipinski definition) is 6. The summed E-state index contributed by atoms with van der Waals surface area (Å²) in [7, 11) is 0. The van der Waals surface area contributed by atoms with E-state index in [1.165, 1.54) is 6.07 Å². The van der Waals surface area contributed by atoms with E-state index in [1.54, 1.807) is 37.3 Å². The van der Waals surface area contributed by atoms with E-state index in [2.05, 4.69) is 15.8 Å². The van der Waals surface area contributed by atoms with Crippen molar-refractivity contribution in [3.8, 4) is 17.1 Å². The Morgan fingerprint density at radius 3 is 2.50 bits per heavy atom. The first kappa shape index (κ1) is 25.6. The van der Waals surface area contributed by atoms with Crippen LogP contribution in [0.1, 0.15) is 43.2 Å². The van der Waals surface area contributed by atoms with Crippen LogP contribution in [-0.2, 0) is 11.3 Å². The van der Waals surface area contributed by atoms with Gasteiger partial charge >= 0.3 is 5.97 Å². The number of aliphatic carboxylic acids is 1. The van der Waals surface area contributed by atoms with Crippen molar-refractivity contribution in [1.29, 1.82) is 0 Å². The number of anilines is 1. The molecule has 0 bridgehead atoms. The molecule has 3 aromatic rings. The minimum Gasteiger partial charge on any atom is -0.489 e. The number of benzene rings is 2. The standard InChI is InChI=1S/C24H25Cl2N3O5/c1-13(2)33-21-7-5-16(10-19(21)26)28-24(32)20-11-22(34-29-20)17-6-4-15(9-18(17)25)12-27-14(3)8-23(30)31/h4-7,9-11,13-14,27H,8,12H2,1-3H3,(H,28,32)(H,30,31). The van der Waals surface area contributed by atoms with Crippen molar-refractivity contribution in [3.63, 3.8) is 0 Å². The largest absolute Gasteiger partial charge is 0.489 e. The third kappa shape index (κ3) is 6.96. The number of amides is 1. The first-order valence-corrected chi connectivity index (χ1v) is 11.4. The Morgan fingerprint density at radius 1 is 1.09 bits per heavy atom. The Hall–Kier alpha value is -3.07. The van der Waals surface area contributed by atoms with E-state index in [0.29, 0.717) is 39.4 Å². The minimum absolute atomic E-state index is 0.0239. The van der Waals surface area contributed by atoms with Crippen LogP contribution in [0, 0.1) is 0 Å². The molecule has 3 rings (SSSR count). The van der Waals surface area contributed by atoms with Gasteiger partial charge in [-0.3, -0.25) is 9.59 Å². The van der Waals surface area contributed by atoms with Crippen LogP contribution in [0.15, 0.2) is 47.0 Å². The number of carbonyl (C=O) groups excluding carboxylic acids is 1. The first-order chi connectivity index (χ1) is 16.1. The summed E-state index contributed by atoms with van der Waals surface area (Å²) in [5.41, 5.74) is 2.03. The number of halogens is 2. The van der Waals surface area contributed by atoms with Gasteiger partial charge in [-0.15, -0.1) is 0 Å². The summed E-state index contributed by atoms with van der Waals surface area (Å²) in [5.74, 6) is -0.456. The first-order valence-electron chi connectivity index (χ1n) is 10.6. The molecule has 0 aliphatic heterocycles. The minimum atomic E-state index is -0.862. The average Bonchev–Trinajstić information content (AvgIpc) is 3.23. The van der Waals surface area contributed by atoms with Gasteiger partial charge in [0.2, 0.25) is 0 Å². The lowest BCUT2D eigenvalue weighted by molar-refractivity contribution is -0.137. The number of ether oxygens (including phenoxy) is 1. The molecule has 0 saturated heterocycles. The van der Waals surface area contributed by atoms with Crippen LogP contribution in [0.4, 0.5) is 5.69 Å². The Kier molecular flexibility index (Phi) is 8.55. The van der Waals surface area contributed by atoms with E-state index >= 15 is 0 Å². The zero-order valence-corrected chi connectivity index (χ0v) is 20.4. The maximum absolute atomic E-state index is 12.6. The molecule has 180 valence electrons. The van der Waals surface area contributed by atoms with Crippen LogP contribution >= 0.6 is 23.2 Å². The van der Waals surface area contributed by atoms with Crippen molar-refractivity contribution >= 4 is 40.8 Å². The molecule has 10 heteroatoms. The molecule has 1 heterocycles. The highest BCUT2D eigenvalue weighted by atomic mass is 35.5. The lowest BCUT2D eigenvalue weighted by Gasteiger charge is -2.12. The van der Waals surface area contributed by atoms with Crippen LogP contribution in [-0.4, -0.2) is 34.3 Å². The van der Waals surface area contributed by atoms with Crippen molar-refractivity contribution in [1.82, 2.24) is 10.5 Å². The number of rotatable bonds is 10. The number of aromatic nitrogens is 1. The molecule has 3 N–H and O–H groups in total. The Labute approximate surface area is 207 Å². The van der Waals surface area contributed by atoms with E-state index in [-0.39, 0.29) is 24.3 Å². The van der Waals surface area contributed by atoms with Gasteiger partial charge in [0.15, 0.2) is 11.5 Å². The number of carboxylic acids is 1. The molecule has 0 aliphatic rings. The summed E-state index contributed by atoms with van der Waals surface area (Å²) in [4.78, 5) is 23.4. The third-order valence-corrected chi connectivity index (χ3v) is 5.34. The molecule has 1 amide bonds. The van der Waals surface area contributed by atoms with Crippen molar-refractivity contribution in [2.24, 2.45) is 0 Å². The smallest absolute Gasteiger partial charge is 0.304 e. The van der Waals surface area contributed by atoms with E-state index < -0.39 is 11.9 Å². The second kappa shape index (κ2) is 11.4. The van der Waals surface area contributed by atoms with Gasteiger partial charge < -0.3 is 25.0 Å². The Morgan fingerprint density at radius 2 is 1.85 bits per heavy atom. The zero-order valence-electron chi connectivity index (χ0n) is 18.9. The van der Waals surface area contributed by atoms with Crippen molar-refractivity contribution in [3.05, 3.63) is 63.8 Å².